The quantitative estimate of drug-likeness (QED) is 0.778. The predicted octanol–water partition coefficient (Wildman–Crippen LogP) is 1.51. The van der Waals surface area contributed by atoms with E-state index < -0.39 is 0 Å². The van der Waals surface area contributed by atoms with Crippen molar-refractivity contribution in [3.8, 4) is 0 Å². The molecule has 4 nitrogen and oxygen atoms in total. The zero-order chi connectivity index (χ0) is 14.6. The summed E-state index contributed by atoms with van der Waals surface area (Å²) in [5, 5.41) is 0. The van der Waals surface area contributed by atoms with Crippen molar-refractivity contribution in [1.82, 2.24) is 14.7 Å². The summed E-state index contributed by atoms with van der Waals surface area (Å²) in [6.07, 6.45) is 2.67. The minimum absolute atomic E-state index is 0.329. The van der Waals surface area contributed by atoms with Crippen molar-refractivity contribution in [2.24, 2.45) is 0 Å². The van der Waals surface area contributed by atoms with Crippen molar-refractivity contribution < 1.29 is 4.74 Å². The van der Waals surface area contributed by atoms with Crippen LogP contribution in [0.15, 0.2) is 0 Å². The lowest BCUT2D eigenvalue weighted by Crippen LogP contribution is -2.57. The molecule has 0 aromatic carbocycles. The Morgan fingerprint density at radius 1 is 0.950 bits per heavy atom. The number of nitrogens with zero attached hydrogens (tertiary/aromatic N) is 3. The van der Waals surface area contributed by atoms with E-state index in [1.807, 2.05) is 0 Å². The fraction of sp³-hybridized carbons (Fsp3) is 1.00. The molecular weight excluding hydrogens is 250 g/mol. The van der Waals surface area contributed by atoms with Crippen LogP contribution >= 0.6 is 0 Å². The summed E-state index contributed by atoms with van der Waals surface area (Å²) >= 11 is 0. The highest BCUT2D eigenvalue weighted by Gasteiger charge is 2.30. The smallest absolute Gasteiger partial charge is 0.0589 e. The molecule has 0 unspecified atom stereocenters. The predicted molar refractivity (Wildman–Crippen MR) is 84.2 cm³/mol. The first kappa shape index (κ1) is 16.2. The van der Waals surface area contributed by atoms with E-state index in [4.69, 9.17) is 4.74 Å². The Hall–Kier alpha value is -0.160. The third-order valence-corrected chi connectivity index (χ3v) is 4.95. The fourth-order valence-electron chi connectivity index (χ4n) is 3.49. The van der Waals surface area contributed by atoms with Gasteiger partial charge in [-0.2, -0.15) is 0 Å². The van der Waals surface area contributed by atoms with E-state index in [0.717, 1.165) is 19.2 Å². The minimum Gasteiger partial charge on any atom is -0.383 e. The normalized spacial score (nSPS) is 25.2. The Kier molecular flexibility index (Phi) is 5.84. The molecule has 2 rings (SSSR count). The lowest BCUT2D eigenvalue weighted by atomic mass is 10.0. The molecular formula is C16H33N3O. The third-order valence-electron chi connectivity index (χ3n) is 4.95. The van der Waals surface area contributed by atoms with Crippen LogP contribution in [0.1, 0.15) is 33.6 Å². The average molecular weight is 283 g/mol. The molecule has 0 spiro atoms. The van der Waals surface area contributed by atoms with Crippen LogP contribution in [0.2, 0.25) is 0 Å². The molecule has 2 fully saturated rings. The van der Waals surface area contributed by atoms with Gasteiger partial charge in [0, 0.05) is 51.4 Å². The van der Waals surface area contributed by atoms with Crippen molar-refractivity contribution in [1.29, 1.82) is 0 Å². The zero-order valence-corrected chi connectivity index (χ0v) is 13.9. The maximum Gasteiger partial charge on any atom is 0.0589 e. The number of likely N-dealkylation sites (tertiary alicyclic amines) is 1. The van der Waals surface area contributed by atoms with E-state index in [2.05, 4.69) is 35.5 Å². The number of piperidine rings is 1. The van der Waals surface area contributed by atoms with Crippen LogP contribution in [0.5, 0.6) is 0 Å². The van der Waals surface area contributed by atoms with E-state index >= 15 is 0 Å². The third kappa shape index (κ3) is 4.42. The van der Waals surface area contributed by atoms with Crippen LogP contribution in [-0.4, -0.2) is 85.8 Å². The van der Waals surface area contributed by atoms with Crippen molar-refractivity contribution in [2.75, 3.05) is 59.5 Å². The van der Waals surface area contributed by atoms with Crippen molar-refractivity contribution in [2.45, 2.75) is 45.2 Å². The number of rotatable bonds is 4. The summed E-state index contributed by atoms with van der Waals surface area (Å²) in [6, 6.07) is 0.816. The summed E-state index contributed by atoms with van der Waals surface area (Å²) in [7, 11) is 1.79. The lowest BCUT2D eigenvalue weighted by Gasteiger charge is -2.46. The SMILES string of the molecule is COCCN1CCC(N2CCN(C(C)(C)C)CC2)CC1. The topological polar surface area (TPSA) is 19.0 Å². The fourth-order valence-corrected chi connectivity index (χ4v) is 3.49. The number of hydrogen-bond donors (Lipinski definition) is 0. The van der Waals surface area contributed by atoms with Gasteiger partial charge in [0.25, 0.3) is 0 Å². The maximum absolute atomic E-state index is 5.17. The lowest BCUT2D eigenvalue weighted by molar-refractivity contribution is 0.0211. The molecule has 2 aliphatic rings. The van der Waals surface area contributed by atoms with Crippen LogP contribution in [0.4, 0.5) is 0 Å². The van der Waals surface area contributed by atoms with E-state index in [-0.39, 0.29) is 0 Å². The van der Waals surface area contributed by atoms with Crippen LogP contribution in [0.25, 0.3) is 0 Å². The molecule has 0 bridgehead atoms. The van der Waals surface area contributed by atoms with Crippen LogP contribution in [0, 0.1) is 0 Å². The second-order valence-electron chi connectivity index (χ2n) is 7.26. The van der Waals surface area contributed by atoms with Crippen molar-refractivity contribution >= 4 is 0 Å². The molecule has 0 radical (unpaired) electrons. The highest BCUT2D eigenvalue weighted by molar-refractivity contribution is 4.86. The Morgan fingerprint density at radius 3 is 2.05 bits per heavy atom. The first-order valence-electron chi connectivity index (χ1n) is 8.21. The Balaban J connectivity index is 1.70. The van der Waals surface area contributed by atoms with E-state index in [9.17, 15) is 0 Å². The molecule has 20 heavy (non-hydrogen) atoms. The van der Waals surface area contributed by atoms with Gasteiger partial charge in [0.15, 0.2) is 0 Å². The van der Waals surface area contributed by atoms with E-state index in [0.29, 0.717) is 5.54 Å². The first-order chi connectivity index (χ1) is 9.50. The Labute approximate surface area is 125 Å². The van der Waals surface area contributed by atoms with Crippen molar-refractivity contribution in [3.05, 3.63) is 0 Å². The van der Waals surface area contributed by atoms with Crippen LogP contribution in [-0.2, 0) is 4.74 Å². The molecule has 0 N–H and O–H groups in total. The molecule has 0 atom stereocenters. The highest BCUT2D eigenvalue weighted by atomic mass is 16.5. The summed E-state index contributed by atoms with van der Waals surface area (Å²) in [6.45, 7) is 16.4. The Bertz CT molecular complexity index is 274. The average Bonchev–Trinajstić information content (AvgIpc) is 2.45. The number of piperazine rings is 1. The molecule has 2 saturated heterocycles. The van der Waals surface area contributed by atoms with Crippen LogP contribution in [0.3, 0.4) is 0 Å². The van der Waals surface area contributed by atoms with Gasteiger partial charge in [-0.25, -0.2) is 0 Å². The minimum atomic E-state index is 0.329. The van der Waals surface area contributed by atoms with Gasteiger partial charge in [-0.15, -0.1) is 0 Å². The van der Waals surface area contributed by atoms with Gasteiger partial charge >= 0.3 is 0 Å². The molecule has 0 aromatic heterocycles. The molecule has 2 aliphatic heterocycles. The van der Waals surface area contributed by atoms with Gasteiger partial charge in [-0.3, -0.25) is 9.80 Å². The second-order valence-corrected chi connectivity index (χ2v) is 7.26. The highest BCUT2D eigenvalue weighted by Crippen LogP contribution is 2.21. The zero-order valence-electron chi connectivity index (χ0n) is 13.9. The number of methoxy groups -OCH3 is 1. The van der Waals surface area contributed by atoms with Gasteiger partial charge in [-0.05, 0) is 46.7 Å². The molecule has 118 valence electrons. The van der Waals surface area contributed by atoms with Gasteiger partial charge in [0.2, 0.25) is 0 Å². The molecule has 4 heteroatoms. The molecule has 2 heterocycles. The van der Waals surface area contributed by atoms with Gasteiger partial charge in [-0.1, -0.05) is 0 Å². The number of ether oxygens (including phenoxy) is 1. The molecule has 0 aromatic rings. The van der Waals surface area contributed by atoms with Gasteiger partial charge < -0.3 is 9.64 Å². The number of hydrogen-bond acceptors (Lipinski definition) is 4. The summed E-state index contributed by atoms with van der Waals surface area (Å²) < 4.78 is 5.17. The standard InChI is InChI=1S/C16H33N3O/c1-16(2,3)19-11-9-18(10-12-19)15-5-7-17(8-6-15)13-14-20-4/h15H,5-14H2,1-4H3. The Morgan fingerprint density at radius 2 is 1.55 bits per heavy atom. The first-order valence-corrected chi connectivity index (χ1v) is 8.21. The molecule has 0 saturated carbocycles. The molecule has 0 aliphatic carbocycles. The van der Waals surface area contributed by atoms with Crippen molar-refractivity contribution in [3.63, 3.8) is 0 Å². The van der Waals surface area contributed by atoms with Gasteiger partial charge in [0.05, 0.1) is 6.61 Å². The summed E-state index contributed by atoms with van der Waals surface area (Å²) in [5.74, 6) is 0. The monoisotopic (exact) mass is 283 g/mol. The van der Waals surface area contributed by atoms with E-state index in [1.165, 1.54) is 52.1 Å². The summed E-state index contributed by atoms with van der Waals surface area (Å²) in [5.41, 5.74) is 0.329. The second kappa shape index (κ2) is 7.21. The maximum atomic E-state index is 5.17. The summed E-state index contributed by atoms with van der Waals surface area (Å²) in [4.78, 5) is 7.90. The van der Waals surface area contributed by atoms with Crippen LogP contribution < -0.4 is 0 Å². The van der Waals surface area contributed by atoms with Gasteiger partial charge in [0.1, 0.15) is 0 Å². The largest absolute Gasteiger partial charge is 0.383 e. The van der Waals surface area contributed by atoms with E-state index in [1.54, 1.807) is 7.11 Å². The molecule has 0 amide bonds.